The number of para-hydroxylation sites is 5. The van der Waals surface area contributed by atoms with Crippen molar-refractivity contribution in [2.24, 2.45) is 0 Å². The fourth-order valence-electron chi connectivity index (χ4n) is 9.09. The Bertz CT molecular complexity index is 3480. The summed E-state index contributed by atoms with van der Waals surface area (Å²) in [5, 5.41) is 7.10. The summed E-state index contributed by atoms with van der Waals surface area (Å²) < 4.78 is 9.27. The lowest BCUT2D eigenvalue weighted by Gasteiger charge is -2.27. The van der Waals surface area contributed by atoms with Gasteiger partial charge in [-0.1, -0.05) is 121 Å². The highest BCUT2D eigenvalue weighted by atomic mass is 16.3. The number of benzene rings is 9. The van der Waals surface area contributed by atoms with Crippen molar-refractivity contribution >= 4 is 82.6 Å². The Morgan fingerprint density at radius 2 is 1.05 bits per heavy atom. The molecule has 4 nitrogen and oxygen atoms in total. The van der Waals surface area contributed by atoms with E-state index < -0.39 is 0 Å². The highest BCUT2D eigenvalue weighted by Crippen LogP contribution is 2.47. The number of nitrogens with zero attached hydrogens (tertiary/aromatic N) is 2. The third kappa shape index (κ3) is 5.02. The van der Waals surface area contributed by atoms with Crippen molar-refractivity contribution in [2.45, 2.75) is 0 Å². The number of hydrogen-bond donors (Lipinski definition) is 1. The van der Waals surface area contributed by atoms with Crippen LogP contribution in [0.3, 0.4) is 0 Å². The second kappa shape index (κ2) is 12.9. The summed E-state index contributed by atoms with van der Waals surface area (Å²) in [6, 6.07) is 73.9. The smallest absolute Gasteiger partial charge is 0.145 e. The molecule has 0 radical (unpaired) electrons. The van der Waals surface area contributed by atoms with Crippen LogP contribution in [0.1, 0.15) is 0 Å². The average Bonchev–Trinajstić information content (AvgIpc) is 3.97. The van der Waals surface area contributed by atoms with Crippen LogP contribution in [0, 0.1) is 0 Å². The highest BCUT2D eigenvalue weighted by molar-refractivity contribution is 6.17. The van der Waals surface area contributed by atoms with Gasteiger partial charge in [0.05, 0.1) is 22.1 Å². The van der Waals surface area contributed by atoms with Crippen LogP contribution in [0.4, 0.5) is 17.1 Å². The predicted molar refractivity (Wildman–Crippen MR) is 243 cm³/mol. The fourth-order valence-corrected chi connectivity index (χ4v) is 9.09. The minimum atomic E-state index is 0.860. The topological polar surface area (TPSA) is 37.1 Å². The average molecular weight is 742 g/mol. The summed E-state index contributed by atoms with van der Waals surface area (Å²) >= 11 is 0. The second-order valence-electron chi connectivity index (χ2n) is 15.0. The van der Waals surface area contributed by atoms with Crippen molar-refractivity contribution in [3.05, 3.63) is 206 Å². The van der Waals surface area contributed by atoms with E-state index >= 15 is 0 Å². The molecule has 0 bridgehead atoms. The Morgan fingerprint density at radius 3 is 1.88 bits per heavy atom. The predicted octanol–water partition coefficient (Wildman–Crippen LogP) is 15.1. The third-order valence-corrected chi connectivity index (χ3v) is 11.7. The van der Waals surface area contributed by atoms with E-state index in [2.05, 4.69) is 221 Å². The number of fused-ring (bicyclic) bond motifs is 9. The maximum Gasteiger partial charge on any atom is 0.145 e. The zero-order chi connectivity index (χ0) is 38.2. The molecule has 3 heterocycles. The molecular weight excluding hydrogens is 707 g/mol. The first-order valence-electron chi connectivity index (χ1n) is 19.8. The summed E-state index contributed by atoms with van der Waals surface area (Å²) in [5.74, 6) is 0. The number of anilines is 3. The monoisotopic (exact) mass is 741 g/mol. The van der Waals surface area contributed by atoms with E-state index in [1.165, 1.54) is 38.1 Å². The molecule has 12 aromatic rings. The maximum atomic E-state index is 6.90. The third-order valence-electron chi connectivity index (χ3n) is 11.7. The summed E-state index contributed by atoms with van der Waals surface area (Å²) in [4.78, 5) is 5.95. The number of hydrogen-bond acceptors (Lipinski definition) is 2. The molecular formula is C54H35N3O. The molecule has 3 aromatic heterocycles. The van der Waals surface area contributed by atoms with Gasteiger partial charge in [0.2, 0.25) is 0 Å². The SMILES string of the molecule is c1ccc(N(c2cccc(-c3ccc4[nH]c5ccccc5c4c3)c2)c2ccc(-c3cccc(-n4c5ccccc5c5ccccc54)c3)c3oc4ccccc4c23)cc1. The van der Waals surface area contributed by atoms with E-state index in [0.717, 1.165) is 72.4 Å². The molecule has 0 saturated heterocycles. The molecule has 0 aliphatic carbocycles. The van der Waals surface area contributed by atoms with Gasteiger partial charge in [0.15, 0.2) is 0 Å². The number of nitrogens with one attached hydrogen (secondary N) is 1. The van der Waals surface area contributed by atoms with Crippen molar-refractivity contribution < 1.29 is 4.42 Å². The van der Waals surface area contributed by atoms with Gasteiger partial charge in [-0.15, -0.1) is 0 Å². The minimum Gasteiger partial charge on any atom is -0.455 e. The van der Waals surface area contributed by atoms with Gasteiger partial charge in [0.25, 0.3) is 0 Å². The zero-order valence-corrected chi connectivity index (χ0v) is 31.4. The molecule has 9 aromatic carbocycles. The van der Waals surface area contributed by atoms with Gasteiger partial charge in [-0.05, 0) is 102 Å². The molecule has 0 aliphatic heterocycles. The summed E-state index contributed by atoms with van der Waals surface area (Å²) in [7, 11) is 0. The van der Waals surface area contributed by atoms with E-state index in [1.807, 2.05) is 0 Å². The molecule has 0 saturated carbocycles. The van der Waals surface area contributed by atoms with Crippen LogP contribution in [0.25, 0.3) is 93.5 Å². The summed E-state index contributed by atoms with van der Waals surface area (Å²) in [6.07, 6.45) is 0. The number of H-pyrrole nitrogens is 1. The van der Waals surface area contributed by atoms with Crippen LogP contribution in [0.15, 0.2) is 211 Å². The van der Waals surface area contributed by atoms with Gasteiger partial charge in [-0.3, -0.25) is 0 Å². The molecule has 0 unspecified atom stereocenters. The fraction of sp³-hybridized carbons (Fsp3) is 0. The molecule has 0 aliphatic rings. The summed E-state index contributed by atoms with van der Waals surface area (Å²) in [6.45, 7) is 0. The van der Waals surface area contributed by atoms with E-state index in [9.17, 15) is 0 Å². The molecule has 0 atom stereocenters. The lowest BCUT2D eigenvalue weighted by Crippen LogP contribution is -2.10. The van der Waals surface area contributed by atoms with E-state index in [1.54, 1.807) is 0 Å². The van der Waals surface area contributed by atoms with Crippen molar-refractivity contribution in [2.75, 3.05) is 4.90 Å². The number of rotatable bonds is 6. The van der Waals surface area contributed by atoms with Gasteiger partial charge in [-0.2, -0.15) is 0 Å². The molecule has 12 rings (SSSR count). The van der Waals surface area contributed by atoms with Crippen LogP contribution in [-0.4, -0.2) is 9.55 Å². The van der Waals surface area contributed by atoms with Gasteiger partial charge >= 0.3 is 0 Å². The molecule has 58 heavy (non-hydrogen) atoms. The molecule has 0 fully saturated rings. The van der Waals surface area contributed by atoms with Gasteiger partial charge < -0.3 is 18.9 Å². The first kappa shape index (κ1) is 32.4. The van der Waals surface area contributed by atoms with E-state index in [-0.39, 0.29) is 0 Å². The first-order valence-corrected chi connectivity index (χ1v) is 19.8. The summed E-state index contributed by atoms with van der Waals surface area (Å²) in [5.41, 5.74) is 15.1. The Labute approximate surface area is 334 Å². The van der Waals surface area contributed by atoms with Gasteiger partial charge in [0, 0.05) is 60.6 Å². The largest absolute Gasteiger partial charge is 0.455 e. The van der Waals surface area contributed by atoms with E-state index in [4.69, 9.17) is 4.42 Å². The molecule has 272 valence electrons. The molecule has 4 heteroatoms. The standard InChI is InChI=1S/C54H35N3O/c1-2-16-38(17-3-1)56(39-18-12-14-35(32-39)36-28-30-48-46(34-36)42-20-4-8-24-47(42)55-48)51-31-29-41(54-53(51)45-23-7-11-27-52(45)58-54)37-15-13-19-40(33-37)57-49-25-9-5-21-43(49)44-22-6-10-26-50(44)57/h1-34,55H. The number of aromatic nitrogens is 2. The quantitative estimate of drug-likeness (QED) is 0.184. The Kier molecular flexibility index (Phi) is 7.20. The molecule has 0 spiro atoms. The minimum absolute atomic E-state index is 0.860. The van der Waals surface area contributed by atoms with Gasteiger partial charge in [0.1, 0.15) is 11.2 Å². The van der Waals surface area contributed by atoms with Crippen LogP contribution in [0.5, 0.6) is 0 Å². The highest BCUT2D eigenvalue weighted by Gasteiger charge is 2.23. The molecule has 0 amide bonds. The Hall–Kier alpha value is -7.82. The van der Waals surface area contributed by atoms with Gasteiger partial charge in [-0.25, -0.2) is 0 Å². The maximum absolute atomic E-state index is 6.90. The zero-order valence-electron chi connectivity index (χ0n) is 31.4. The van der Waals surface area contributed by atoms with Crippen molar-refractivity contribution in [1.82, 2.24) is 9.55 Å². The van der Waals surface area contributed by atoms with Crippen molar-refractivity contribution in [3.63, 3.8) is 0 Å². The lowest BCUT2D eigenvalue weighted by atomic mass is 9.98. The first-order chi connectivity index (χ1) is 28.8. The van der Waals surface area contributed by atoms with Crippen LogP contribution in [-0.2, 0) is 0 Å². The normalized spacial score (nSPS) is 11.8. The van der Waals surface area contributed by atoms with Crippen molar-refractivity contribution in [1.29, 1.82) is 0 Å². The number of aromatic amines is 1. The molecule has 1 N–H and O–H groups in total. The Balaban J connectivity index is 1.05. The lowest BCUT2D eigenvalue weighted by molar-refractivity contribution is 0.670. The van der Waals surface area contributed by atoms with Crippen LogP contribution in [0.2, 0.25) is 0 Å². The Morgan fingerprint density at radius 1 is 0.414 bits per heavy atom. The van der Waals surface area contributed by atoms with Crippen LogP contribution < -0.4 is 4.90 Å². The van der Waals surface area contributed by atoms with Crippen molar-refractivity contribution in [3.8, 4) is 27.9 Å². The second-order valence-corrected chi connectivity index (χ2v) is 15.0. The van der Waals surface area contributed by atoms with E-state index in [0.29, 0.717) is 0 Å². The number of furan rings is 1. The van der Waals surface area contributed by atoms with Crippen LogP contribution >= 0.6 is 0 Å².